The van der Waals surface area contributed by atoms with Crippen LogP contribution < -0.4 is 5.32 Å². The summed E-state index contributed by atoms with van der Waals surface area (Å²) in [7, 11) is 0. The molecule has 0 aromatic heterocycles. The topological polar surface area (TPSA) is 12.0 Å². The molecule has 80 valence electrons. The molecule has 0 fully saturated rings. The molecule has 0 aliphatic heterocycles. The van der Waals surface area contributed by atoms with E-state index in [4.69, 9.17) is 0 Å². The number of hydrogen-bond donors (Lipinski definition) is 1. The van der Waals surface area contributed by atoms with Crippen molar-refractivity contribution in [3.63, 3.8) is 0 Å². The minimum atomic E-state index is 0.716. The van der Waals surface area contributed by atoms with E-state index in [-0.39, 0.29) is 0 Å². The summed E-state index contributed by atoms with van der Waals surface area (Å²) in [6.07, 6.45) is 3.63. The first-order valence-electron chi connectivity index (χ1n) is 5.58. The Morgan fingerprint density at radius 3 is 2.23 bits per heavy atom. The van der Waals surface area contributed by atoms with Gasteiger partial charge in [-0.1, -0.05) is 47.6 Å². The molecule has 0 radical (unpaired) electrons. The van der Waals surface area contributed by atoms with Crippen LogP contribution in [0.3, 0.4) is 0 Å². The molecule has 0 saturated heterocycles. The molecule has 1 heteroatoms. The maximum atomic E-state index is 3.95. The van der Waals surface area contributed by atoms with Gasteiger partial charge in [0.1, 0.15) is 0 Å². The van der Waals surface area contributed by atoms with Gasteiger partial charge in [0.15, 0.2) is 0 Å². The molecule has 1 N–H and O–H groups in total. The lowest BCUT2D eigenvalue weighted by Gasteiger charge is -2.10. The van der Waals surface area contributed by atoms with Crippen molar-refractivity contribution in [1.82, 2.24) is 5.32 Å². The average Bonchev–Trinajstić information content (AvgIpc) is 2.14. The highest BCUT2D eigenvalue weighted by molar-refractivity contribution is 4.90. The minimum absolute atomic E-state index is 0.716. The van der Waals surface area contributed by atoms with Crippen LogP contribution >= 0.6 is 0 Å². The van der Waals surface area contributed by atoms with Crippen LogP contribution in [0.1, 0.15) is 53.9 Å². The molecule has 0 aliphatic carbocycles. The van der Waals surface area contributed by atoms with Gasteiger partial charge in [-0.15, -0.1) is 0 Å². The Balaban J connectivity index is 0. The van der Waals surface area contributed by atoms with E-state index < -0.39 is 0 Å². The average molecular weight is 185 g/mol. The van der Waals surface area contributed by atoms with Crippen molar-refractivity contribution in [3.05, 3.63) is 12.3 Å². The largest absolute Gasteiger partial charge is 0.389 e. The van der Waals surface area contributed by atoms with Crippen LogP contribution in [0.25, 0.3) is 0 Å². The molecule has 0 aromatic carbocycles. The van der Waals surface area contributed by atoms with E-state index in [1.807, 2.05) is 13.8 Å². The van der Waals surface area contributed by atoms with Crippen molar-refractivity contribution < 1.29 is 0 Å². The maximum Gasteiger partial charge on any atom is 0.0166 e. The summed E-state index contributed by atoms with van der Waals surface area (Å²) >= 11 is 0. The Bertz CT molecular complexity index is 106. The van der Waals surface area contributed by atoms with Gasteiger partial charge in [-0.2, -0.15) is 0 Å². The van der Waals surface area contributed by atoms with Crippen LogP contribution in [-0.2, 0) is 0 Å². The van der Waals surface area contributed by atoms with Gasteiger partial charge >= 0.3 is 0 Å². The molecule has 0 saturated carbocycles. The third-order valence-corrected chi connectivity index (χ3v) is 1.59. The van der Waals surface area contributed by atoms with Crippen LogP contribution in [-0.4, -0.2) is 6.54 Å². The van der Waals surface area contributed by atoms with E-state index in [1.165, 1.54) is 18.5 Å². The predicted octanol–water partition coefficient (Wildman–Crippen LogP) is 3.96. The van der Waals surface area contributed by atoms with Crippen molar-refractivity contribution in [1.29, 1.82) is 0 Å². The van der Waals surface area contributed by atoms with Crippen molar-refractivity contribution in [3.8, 4) is 0 Å². The van der Waals surface area contributed by atoms with E-state index in [1.54, 1.807) is 0 Å². The highest BCUT2D eigenvalue weighted by Crippen LogP contribution is 2.01. The quantitative estimate of drug-likeness (QED) is 0.660. The predicted molar refractivity (Wildman–Crippen MR) is 62.9 cm³/mol. The van der Waals surface area contributed by atoms with Gasteiger partial charge in [-0.3, -0.25) is 0 Å². The number of nitrogens with one attached hydrogen (secondary N) is 1. The fraction of sp³-hybridized carbons (Fsp3) is 0.833. The summed E-state index contributed by atoms with van der Waals surface area (Å²) in [6, 6.07) is 0. The second kappa shape index (κ2) is 11.5. The lowest BCUT2D eigenvalue weighted by molar-refractivity contribution is 0.580. The summed E-state index contributed by atoms with van der Waals surface area (Å²) in [5.74, 6) is 0.716. The first kappa shape index (κ1) is 15.0. The van der Waals surface area contributed by atoms with Crippen LogP contribution in [0.15, 0.2) is 12.3 Å². The van der Waals surface area contributed by atoms with Crippen LogP contribution in [0, 0.1) is 5.92 Å². The Labute approximate surface area is 84.6 Å². The van der Waals surface area contributed by atoms with E-state index in [0.717, 1.165) is 13.0 Å². The third-order valence-electron chi connectivity index (χ3n) is 1.59. The smallest absolute Gasteiger partial charge is 0.0166 e. The molecule has 0 bridgehead atoms. The SMILES string of the molecule is C=C(CCCC)NCC(C)C.CC. The normalized spacial score (nSPS) is 9.08. The monoisotopic (exact) mass is 185 g/mol. The molecule has 0 spiro atoms. The molecule has 0 atom stereocenters. The maximum absolute atomic E-state index is 3.95. The van der Waals surface area contributed by atoms with Gasteiger partial charge in [0.2, 0.25) is 0 Å². The molecular formula is C12H27N. The zero-order valence-electron chi connectivity index (χ0n) is 10.1. The molecule has 0 aromatic rings. The fourth-order valence-electron chi connectivity index (χ4n) is 0.827. The fourth-order valence-corrected chi connectivity index (χ4v) is 0.827. The summed E-state index contributed by atoms with van der Waals surface area (Å²) in [5.41, 5.74) is 1.19. The molecular weight excluding hydrogens is 158 g/mol. The number of hydrogen-bond acceptors (Lipinski definition) is 1. The van der Waals surface area contributed by atoms with Crippen LogP contribution in [0.5, 0.6) is 0 Å². The second-order valence-electron chi connectivity index (χ2n) is 3.48. The molecule has 0 amide bonds. The summed E-state index contributed by atoms with van der Waals surface area (Å²) in [4.78, 5) is 0. The lowest BCUT2D eigenvalue weighted by Crippen LogP contribution is -2.18. The zero-order chi connectivity index (χ0) is 10.7. The van der Waals surface area contributed by atoms with Crippen LogP contribution in [0.4, 0.5) is 0 Å². The van der Waals surface area contributed by atoms with Crippen molar-refractivity contribution in [2.45, 2.75) is 53.9 Å². The van der Waals surface area contributed by atoms with Gasteiger partial charge in [0, 0.05) is 12.2 Å². The minimum Gasteiger partial charge on any atom is -0.389 e. The molecule has 13 heavy (non-hydrogen) atoms. The molecule has 1 nitrogen and oxygen atoms in total. The Morgan fingerprint density at radius 2 is 1.85 bits per heavy atom. The van der Waals surface area contributed by atoms with E-state index in [2.05, 4.69) is 32.7 Å². The first-order valence-corrected chi connectivity index (χ1v) is 5.58. The van der Waals surface area contributed by atoms with E-state index in [0.29, 0.717) is 5.92 Å². The van der Waals surface area contributed by atoms with Gasteiger partial charge in [-0.05, 0) is 18.8 Å². The zero-order valence-corrected chi connectivity index (χ0v) is 10.1. The van der Waals surface area contributed by atoms with Crippen molar-refractivity contribution >= 4 is 0 Å². The standard InChI is InChI=1S/C10H21N.C2H6/c1-5-6-7-10(4)11-8-9(2)3;1-2/h9,11H,4-8H2,1-3H3;1-2H3. The highest BCUT2D eigenvalue weighted by Gasteiger charge is 1.94. The van der Waals surface area contributed by atoms with Gasteiger partial charge < -0.3 is 5.32 Å². The summed E-state index contributed by atoms with van der Waals surface area (Å²) < 4.78 is 0. The number of unbranched alkanes of at least 4 members (excludes halogenated alkanes) is 1. The summed E-state index contributed by atoms with van der Waals surface area (Å²) in [6.45, 7) is 15.6. The van der Waals surface area contributed by atoms with E-state index >= 15 is 0 Å². The van der Waals surface area contributed by atoms with Crippen molar-refractivity contribution in [2.24, 2.45) is 5.92 Å². The summed E-state index contributed by atoms with van der Waals surface area (Å²) in [5, 5.41) is 3.32. The highest BCUT2D eigenvalue weighted by atomic mass is 14.9. The van der Waals surface area contributed by atoms with Gasteiger partial charge in [0.25, 0.3) is 0 Å². The van der Waals surface area contributed by atoms with E-state index in [9.17, 15) is 0 Å². The lowest BCUT2D eigenvalue weighted by atomic mass is 10.2. The molecule has 0 rings (SSSR count). The third kappa shape index (κ3) is 14.4. The Kier molecular flexibility index (Phi) is 13.3. The molecule has 0 unspecified atom stereocenters. The first-order chi connectivity index (χ1) is 6.16. The van der Waals surface area contributed by atoms with Gasteiger partial charge in [0.05, 0.1) is 0 Å². The molecule has 0 heterocycles. The van der Waals surface area contributed by atoms with Crippen molar-refractivity contribution in [2.75, 3.05) is 6.54 Å². The number of rotatable bonds is 6. The Hall–Kier alpha value is -0.460. The van der Waals surface area contributed by atoms with Gasteiger partial charge in [-0.25, -0.2) is 0 Å². The van der Waals surface area contributed by atoms with Crippen LogP contribution in [0.2, 0.25) is 0 Å². The Morgan fingerprint density at radius 1 is 1.31 bits per heavy atom. The number of allylic oxidation sites excluding steroid dienone is 1. The molecule has 0 aliphatic rings. The second-order valence-corrected chi connectivity index (χ2v) is 3.48.